The van der Waals surface area contributed by atoms with Crippen LogP contribution in [0.15, 0.2) is 30.5 Å². The fourth-order valence-corrected chi connectivity index (χ4v) is 3.21. The lowest BCUT2D eigenvalue weighted by atomic mass is 10.1. The number of nitrogens with zero attached hydrogens (tertiary/aromatic N) is 3. The predicted octanol–water partition coefficient (Wildman–Crippen LogP) is 2.26. The van der Waals surface area contributed by atoms with Crippen LogP contribution in [0.5, 0.6) is 0 Å². The highest BCUT2D eigenvalue weighted by Gasteiger charge is 2.26. The highest BCUT2D eigenvalue weighted by atomic mass is 16.2. The molecule has 3 rings (SSSR count). The van der Waals surface area contributed by atoms with E-state index in [0.717, 1.165) is 22.9 Å². The summed E-state index contributed by atoms with van der Waals surface area (Å²) >= 11 is 0. The fraction of sp³-hybridized carbons (Fsp3) is 0.444. The monoisotopic (exact) mass is 313 g/mol. The van der Waals surface area contributed by atoms with Gasteiger partial charge in [0.05, 0.1) is 5.56 Å². The van der Waals surface area contributed by atoms with Crippen molar-refractivity contribution in [3.8, 4) is 0 Å². The zero-order valence-electron chi connectivity index (χ0n) is 13.8. The number of hydrogen-bond donors (Lipinski definition) is 0. The molecule has 0 unspecified atom stereocenters. The maximum absolute atomic E-state index is 12.8. The van der Waals surface area contributed by atoms with Gasteiger partial charge >= 0.3 is 0 Å². The minimum Gasteiger partial charge on any atom is -0.350 e. The average molecular weight is 313 g/mol. The maximum Gasteiger partial charge on any atom is 0.256 e. The van der Waals surface area contributed by atoms with Gasteiger partial charge in [-0.05, 0) is 12.5 Å². The third kappa shape index (κ3) is 2.96. The molecule has 0 atom stereocenters. The van der Waals surface area contributed by atoms with E-state index in [1.807, 2.05) is 58.8 Å². The second-order valence-corrected chi connectivity index (χ2v) is 6.09. The minimum absolute atomic E-state index is 0.0596. The van der Waals surface area contributed by atoms with Crippen LogP contribution in [0.3, 0.4) is 0 Å². The van der Waals surface area contributed by atoms with E-state index in [-0.39, 0.29) is 11.8 Å². The molecular weight excluding hydrogens is 290 g/mol. The Balaban J connectivity index is 1.73. The number of benzene rings is 1. The topological polar surface area (TPSA) is 45.6 Å². The van der Waals surface area contributed by atoms with Crippen LogP contribution >= 0.6 is 0 Å². The normalized spacial score (nSPS) is 15.2. The second kappa shape index (κ2) is 6.44. The van der Waals surface area contributed by atoms with Crippen LogP contribution in [0.25, 0.3) is 10.9 Å². The van der Waals surface area contributed by atoms with E-state index in [9.17, 15) is 9.59 Å². The summed E-state index contributed by atoms with van der Waals surface area (Å²) in [4.78, 5) is 28.5. The van der Waals surface area contributed by atoms with Gasteiger partial charge in [0.25, 0.3) is 5.91 Å². The van der Waals surface area contributed by atoms with Crippen LogP contribution < -0.4 is 0 Å². The number of carbonyl (C=O) groups is 2. The minimum atomic E-state index is 0.0596. The van der Waals surface area contributed by atoms with Gasteiger partial charge in [0.15, 0.2) is 0 Å². The summed E-state index contributed by atoms with van der Waals surface area (Å²) in [6.07, 6.45) is 3.37. The van der Waals surface area contributed by atoms with Gasteiger partial charge < -0.3 is 14.4 Å². The first-order valence-corrected chi connectivity index (χ1v) is 8.23. The van der Waals surface area contributed by atoms with Crippen molar-refractivity contribution >= 4 is 22.7 Å². The van der Waals surface area contributed by atoms with E-state index in [4.69, 9.17) is 0 Å². The molecule has 0 radical (unpaired) electrons. The molecule has 0 aliphatic carbocycles. The number of aryl methyl sites for hydroxylation is 1. The van der Waals surface area contributed by atoms with Crippen LogP contribution in [0, 0.1) is 0 Å². The standard InChI is InChI=1S/C18H23N3O2/c1-3-6-17(22)20-9-11-21(12-10-20)18(23)15-13-19(2)16-8-5-4-7-14(15)16/h4-5,7-8,13H,3,6,9-12H2,1-2H3. The van der Waals surface area contributed by atoms with Crippen molar-refractivity contribution in [3.05, 3.63) is 36.0 Å². The van der Waals surface area contributed by atoms with Crippen molar-refractivity contribution in [2.45, 2.75) is 19.8 Å². The molecular formula is C18H23N3O2. The summed E-state index contributed by atoms with van der Waals surface area (Å²) in [6, 6.07) is 7.95. The molecule has 1 saturated heterocycles. The van der Waals surface area contributed by atoms with E-state index in [1.54, 1.807) is 0 Å². The van der Waals surface area contributed by atoms with E-state index in [0.29, 0.717) is 32.6 Å². The Hall–Kier alpha value is -2.30. The molecule has 1 aromatic carbocycles. The Labute approximate surface area is 136 Å². The Kier molecular flexibility index (Phi) is 4.37. The van der Waals surface area contributed by atoms with Crippen molar-refractivity contribution < 1.29 is 9.59 Å². The van der Waals surface area contributed by atoms with E-state index < -0.39 is 0 Å². The number of fused-ring (bicyclic) bond motifs is 1. The fourth-order valence-electron chi connectivity index (χ4n) is 3.21. The summed E-state index contributed by atoms with van der Waals surface area (Å²) in [6.45, 7) is 4.50. The summed E-state index contributed by atoms with van der Waals surface area (Å²) < 4.78 is 1.99. The maximum atomic E-state index is 12.8. The quantitative estimate of drug-likeness (QED) is 0.872. The number of para-hydroxylation sites is 1. The predicted molar refractivity (Wildman–Crippen MR) is 90.3 cm³/mol. The Morgan fingerprint density at radius 3 is 2.39 bits per heavy atom. The first kappa shape index (κ1) is 15.6. The molecule has 0 bridgehead atoms. The van der Waals surface area contributed by atoms with Crippen LogP contribution in [0.4, 0.5) is 0 Å². The Morgan fingerprint density at radius 2 is 1.70 bits per heavy atom. The molecule has 1 aliphatic rings. The Bertz CT molecular complexity index is 727. The molecule has 2 amide bonds. The van der Waals surface area contributed by atoms with Crippen molar-refractivity contribution in [2.24, 2.45) is 7.05 Å². The molecule has 1 aliphatic heterocycles. The zero-order chi connectivity index (χ0) is 16.4. The molecule has 2 heterocycles. The van der Waals surface area contributed by atoms with Gasteiger partial charge in [-0.3, -0.25) is 9.59 Å². The molecule has 0 spiro atoms. The third-order valence-corrected chi connectivity index (χ3v) is 4.51. The van der Waals surface area contributed by atoms with E-state index >= 15 is 0 Å². The lowest BCUT2D eigenvalue weighted by Crippen LogP contribution is -2.50. The zero-order valence-corrected chi connectivity index (χ0v) is 13.8. The molecule has 122 valence electrons. The van der Waals surface area contributed by atoms with Gasteiger partial charge in [0.1, 0.15) is 0 Å². The molecule has 1 fully saturated rings. The summed E-state index contributed by atoms with van der Waals surface area (Å²) in [5.74, 6) is 0.258. The first-order valence-electron chi connectivity index (χ1n) is 8.23. The lowest BCUT2D eigenvalue weighted by molar-refractivity contribution is -0.132. The number of carbonyl (C=O) groups excluding carboxylic acids is 2. The van der Waals surface area contributed by atoms with Crippen molar-refractivity contribution in [2.75, 3.05) is 26.2 Å². The first-order chi connectivity index (χ1) is 11.1. The highest BCUT2D eigenvalue weighted by Crippen LogP contribution is 2.22. The molecule has 0 N–H and O–H groups in total. The van der Waals surface area contributed by atoms with Gasteiger partial charge in [-0.15, -0.1) is 0 Å². The summed E-state index contributed by atoms with van der Waals surface area (Å²) in [5, 5.41) is 0.990. The molecule has 5 nitrogen and oxygen atoms in total. The van der Waals surface area contributed by atoms with E-state index in [2.05, 4.69) is 0 Å². The largest absolute Gasteiger partial charge is 0.350 e. The number of rotatable bonds is 3. The molecule has 0 saturated carbocycles. The molecule has 1 aromatic heterocycles. The average Bonchev–Trinajstić information content (AvgIpc) is 2.92. The number of piperazine rings is 1. The van der Waals surface area contributed by atoms with E-state index in [1.165, 1.54) is 0 Å². The number of amides is 2. The van der Waals surface area contributed by atoms with Crippen LogP contribution in [-0.4, -0.2) is 52.4 Å². The SMILES string of the molecule is CCCC(=O)N1CCN(C(=O)c2cn(C)c3ccccc23)CC1. The molecule has 5 heteroatoms. The van der Waals surface area contributed by atoms with Crippen molar-refractivity contribution in [1.82, 2.24) is 14.4 Å². The van der Waals surface area contributed by atoms with Gasteiger partial charge in [-0.25, -0.2) is 0 Å². The Morgan fingerprint density at radius 1 is 1.04 bits per heavy atom. The van der Waals surface area contributed by atoms with Crippen LogP contribution in [0.1, 0.15) is 30.1 Å². The van der Waals surface area contributed by atoms with Gasteiger partial charge in [-0.2, -0.15) is 0 Å². The summed E-state index contributed by atoms with van der Waals surface area (Å²) in [7, 11) is 1.96. The van der Waals surface area contributed by atoms with Gasteiger partial charge in [0, 0.05) is 56.7 Å². The smallest absolute Gasteiger partial charge is 0.256 e. The number of hydrogen-bond acceptors (Lipinski definition) is 2. The van der Waals surface area contributed by atoms with Gasteiger partial charge in [-0.1, -0.05) is 25.1 Å². The lowest BCUT2D eigenvalue weighted by Gasteiger charge is -2.34. The second-order valence-electron chi connectivity index (χ2n) is 6.09. The highest BCUT2D eigenvalue weighted by molar-refractivity contribution is 6.07. The molecule has 23 heavy (non-hydrogen) atoms. The van der Waals surface area contributed by atoms with Crippen molar-refractivity contribution in [3.63, 3.8) is 0 Å². The number of aromatic nitrogens is 1. The van der Waals surface area contributed by atoms with Crippen LogP contribution in [0.2, 0.25) is 0 Å². The van der Waals surface area contributed by atoms with Crippen molar-refractivity contribution in [1.29, 1.82) is 0 Å². The summed E-state index contributed by atoms with van der Waals surface area (Å²) in [5.41, 5.74) is 1.81. The molecule has 2 aromatic rings. The van der Waals surface area contributed by atoms with Crippen LogP contribution in [-0.2, 0) is 11.8 Å². The third-order valence-electron chi connectivity index (χ3n) is 4.51. The van der Waals surface area contributed by atoms with Gasteiger partial charge in [0.2, 0.25) is 5.91 Å².